The summed E-state index contributed by atoms with van der Waals surface area (Å²) in [5.41, 5.74) is 5.56. The van der Waals surface area contributed by atoms with Gasteiger partial charge < -0.3 is 20.3 Å². The summed E-state index contributed by atoms with van der Waals surface area (Å²) in [5, 5.41) is 16.6. The number of fused-ring (bicyclic) bond motifs is 5. The number of aliphatic hydroxyl groups excluding tert-OH is 1. The summed E-state index contributed by atoms with van der Waals surface area (Å²) >= 11 is 0. The molecule has 9 unspecified atom stereocenters. The zero-order valence-corrected chi connectivity index (χ0v) is 23.8. The van der Waals surface area contributed by atoms with Crippen molar-refractivity contribution in [2.45, 2.75) is 91.8 Å². The Kier molecular flexibility index (Phi) is 9.18. The number of carbonyl (C=O) groups excluding carboxylic acids is 1. The third kappa shape index (κ3) is 4.95. The minimum absolute atomic E-state index is 0.00449. The van der Waals surface area contributed by atoms with Crippen LogP contribution in [-0.4, -0.2) is 56.0 Å². The van der Waals surface area contributed by atoms with E-state index in [0.717, 1.165) is 44.9 Å². The number of ketones is 1. The lowest BCUT2D eigenvalue weighted by Crippen LogP contribution is -2.63. The van der Waals surface area contributed by atoms with E-state index in [1.165, 1.54) is 18.0 Å². The van der Waals surface area contributed by atoms with Crippen LogP contribution in [0.25, 0.3) is 0 Å². The molecular weight excluding hydrogens is 456 g/mol. The molecule has 0 saturated heterocycles. The van der Waals surface area contributed by atoms with Crippen LogP contribution in [0.4, 0.5) is 0 Å². The first kappa shape index (κ1) is 29.3. The van der Waals surface area contributed by atoms with Gasteiger partial charge in [0.05, 0.1) is 0 Å². The van der Waals surface area contributed by atoms with Crippen LogP contribution in [0.5, 0.6) is 0 Å². The van der Waals surface area contributed by atoms with Crippen LogP contribution in [-0.2, 0) is 14.3 Å². The number of nitrogens with zero attached hydrogens (tertiary/aromatic N) is 2. The highest BCUT2D eigenvalue weighted by molar-refractivity contribution is 5.84. The lowest BCUT2D eigenvalue weighted by atomic mass is 9.39. The van der Waals surface area contributed by atoms with E-state index in [9.17, 15) is 9.90 Å². The first-order chi connectivity index (χ1) is 16.9. The highest BCUT2D eigenvalue weighted by Crippen LogP contribution is 2.72. The molecule has 0 aromatic rings. The van der Waals surface area contributed by atoms with Gasteiger partial charge in [0, 0.05) is 32.7 Å². The van der Waals surface area contributed by atoms with Gasteiger partial charge in [0.1, 0.15) is 12.4 Å². The average molecular weight is 509 g/mol. The predicted octanol–water partition coefficient (Wildman–Crippen LogP) is 3.92. The van der Waals surface area contributed by atoms with Crippen LogP contribution in [0.2, 0.25) is 0 Å². The minimum Gasteiger partial charge on any atom is -0.388 e. The Morgan fingerprint density at radius 3 is 2.36 bits per heavy atom. The number of hydrazone groups is 1. The molecule has 4 saturated carbocycles. The number of aliphatic hydroxyl groups is 1. The lowest BCUT2D eigenvalue weighted by Gasteiger charge is -2.67. The van der Waals surface area contributed by atoms with Crippen LogP contribution >= 0.6 is 0 Å². The molecule has 36 heavy (non-hydrogen) atoms. The van der Waals surface area contributed by atoms with E-state index in [2.05, 4.69) is 30.6 Å². The topological polar surface area (TPSA) is 123 Å². The molecule has 0 aromatic carbocycles. The van der Waals surface area contributed by atoms with E-state index in [1.54, 1.807) is 28.3 Å². The van der Waals surface area contributed by atoms with E-state index >= 15 is 0 Å². The summed E-state index contributed by atoms with van der Waals surface area (Å²) in [6, 6.07) is 0. The lowest BCUT2D eigenvalue weighted by molar-refractivity contribution is -0.280. The molecular formula is C28H52N4O4. The molecule has 0 radical (unpaired) electrons. The van der Waals surface area contributed by atoms with Gasteiger partial charge in [0.25, 0.3) is 0 Å². The molecule has 0 aliphatic heterocycles. The number of hydrogen-bond acceptors (Lipinski definition) is 7. The number of methoxy groups -OCH3 is 2. The molecule has 4 aliphatic rings. The van der Waals surface area contributed by atoms with Crippen molar-refractivity contribution in [1.82, 2.24) is 5.12 Å². The van der Waals surface area contributed by atoms with Crippen molar-refractivity contribution < 1.29 is 19.4 Å². The highest BCUT2D eigenvalue weighted by atomic mass is 16.6. The molecule has 0 spiro atoms. The summed E-state index contributed by atoms with van der Waals surface area (Å²) in [5.74, 6) is 8.71. The van der Waals surface area contributed by atoms with Crippen LogP contribution in [0, 0.1) is 45.8 Å². The maximum absolute atomic E-state index is 13.3. The van der Waals surface area contributed by atoms with Crippen molar-refractivity contribution in [3.63, 3.8) is 0 Å². The largest absolute Gasteiger partial charge is 0.388 e. The van der Waals surface area contributed by atoms with Crippen molar-refractivity contribution >= 4 is 11.6 Å². The SMILES string of the molecule is COC.COC(O)C12CCC(C)CC1(C)CCC1C3CCC(C(=O)CN(N)/N=C(/C)N)C3(C)CCC12. The second kappa shape index (κ2) is 11.3. The molecule has 5 N–H and O–H groups in total. The molecule has 0 aromatic heterocycles. The van der Waals surface area contributed by atoms with Crippen molar-refractivity contribution in [3.05, 3.63) is 0 Å². The van der Waals surface area contributed by atoms with Crippen molar-refractivity contribution in [1.29, 1.82) is 0 Å². The normalized spacial score (nSPS) is 42.8. The fraction of sp³-hybridized carbons (Fsp3) is 0.929. The number of Topliss-reactive ketones (excluding diaryl/α,β-unsaturated/α-hetero) is 1. The molecule has 4 rings (SSSR count). The number of amidine groups is 1. The van der Waals surface area contributed by atoms with Crippen LogP contribution in [0.1, 0.15) is 85.5 Å². The third-order valence-electron chi connectivity index (χ3n) is 10.8. The molecule has 0 bridgehead atoms. The van der Waals surface area contributed by atoms with Crippen LogP contribution in [0.3, 0.4) is 0 Å². The monoisotopic (exact) mass is 508 g/mol. The Balaban J connectivity index is 0.00000115. The van der Waals surface area contributed by atoms with Gasteiger partial charge in [-0.2, -0.15) is 0 Å². The molecule has 8 heteroatoms. The molecule has 208 valence electrons. The average Bonchev–Trinajstić information content (AvgIpc) is 3.15. The number of carbonyl (C=O) groups is 1. The smallest absolute Gasteiger partial charge is 0.160 e. The van der Waals surface area contributed by atoms with Gasteiger partial charge in [-0.05, 0) is 99.2 Å². The van der Waals surface area contributed by atoms with Gasteiger partial charge >= 0.3 is 0 Å². The van der Waals surface area contributed by atoms with Crippen molar-refractivity contribution in [2.24, 2.45) is 62.5 Å². The van der Waals surface area contributed by atoms with Gasteiger partial charge in [0.2, 0.25) is 0 Å². The Hall–Kier alpha value is -1.22. The summed E-state index contributed by atoms with van der Waals surface area (Å²) in [6.07, 6.45) is 9.13. The van der Waals surface area contributed by atoms with Crippen molar-refractivity contribution in [2.75, 3.05) is 27.9 Å². The molecule has 4 fully saturated rings. The van der Waals surface area contributed by atoms with Gasteiger partial charge in [0.15, 0.2) is 12.1 Å². The molecule has 8 nitrogen and oxygen atoms in total. The summed E-state index contributed by atoms with van der Waals surface area (Å²) in [7, 11) is 4.92. The molecule has 9 atom stereocenters. The molecule has 0 amide bonds. The van der Waals surface area contributed by atoms with Crippen LogP contribution in [0.15, 0.2) is 5.10 Å². The van der Waals surface area contributed by atoms with Gasteiger partial charge in [-0.15, -0.1) is 5.10 Å². The van der Waals surface area contributed by atoms with E-state index in [-0.39, 0.29) is 34.5 Å². The van der Waals surface area contributed by atoms with Gasteiger partial charge in [-0.1, -0.05) is 20.8 Å². The van der Waals surface area contributed by atoms with E-state index < -0.39 is 6.29 Å². The number of hydrogen-bond donors (Lipinski definition) is 3. The number of hydrazine groups is 1. The highest BCUT2D eigenvalue weighted by Gasteiger charge is 2.67. The standard InChI is InChI=1S/C26H46N4O3.C2H6O/c1-16-8-13-26(23(32)33-5)20-10-12-25(4)19(18(20)9-11-24(26,3)14-16)6-7-21(25)22(31)15-30(28)29-17(2)27;1-3-2/h16,18-21,23,32H,6-15,28H2,1-5H3,(H2,27,29);1-2H3. The predicted molar refractivity (Wildman–Crippen MR) is 142 cm³/mol. The molecule has 0 heterocycles. The number of nitrogens with two attached hydrogens (primary N) is 2. The second-order valence-corrected chi connectivity index (χ2v) is 12.8. The summed E-state index contributed by atoms with van der Waals surface area (Å²) < 4.78 is 9.98. The minimum atomic E-state index is -0.714. The summed E-state index contributed by atoms with van der Waals surface area (Å²) in [6.45, 7) is 8.91. The Labute approximate surface area is 218 Å². The number of rotatable bonds is 6. The van der Waals surface area contributed by atoms with Gasteiger partial charge in [-0.3, -0.25) is 4.79 Å². The first-order valence-corrected chi connectivity index (χ1v) is 13.9. The first-order valence-electron chi connectivity index (χ1n) is 13.9. The Morgan fingerprint density at radius 2 is 1.75 bits per heavy atom. The Bertz CT molecular complexity index is 804. The van der Waals surface area contributed by atoms with Crippen LogP contribution < -0.4 is 11.6 Å². The quantitative estimate of drug-likeness (QED) is 0.163. The number of ether oxygens (including phenoxy) is 2. The summed E-state index contributed by atoms with van der Waals surface area (Å²) in [4.78, 5) is 13.3. The fourth-order valence-corrected chi connectivity index (χ4v) is 9.48. The van der Waals surface area contributed by atoms with E-state index in [4.69, 9.17) is 16.3 Å². The third-order valence-corrected chi connectivity index (χ3v) is 10.8. The Morgan fingerprint density at radius 1 is 1.08 bits per heavy atom. The van der Waals surface area contributed by atoms with Gasteiger partial charge in [-0.25, -0.2) is 11.0 Å². The second-order valence-electron chi connectivity index (χ2n) is 12.8. The maximum Gasteiger partial charge on any atom is 0.160 e. The van der Waals surface area contributed by atoms with E-state index in [0.29, 0.717) is 29.5 Å². The zero-order valence-electron chi connectivity index (χ0n) is 23.8. The molecule has 4 aliphatic carbocycles. The fourth-order valence-electron chi connectivity index (χ4n) is 9.48. The maximum atomic E-state index is 13.3. The van der Waals surface area contributed by atoms with E-state index in [1.807, 2.05) is 0 Å². The van der Waals surface area contributed by atoms with Crippen molar-refractivity contribution in [3.8, 4) is 0 Å². The zero-order chi connectivity index (χ0) is 26.9.